The van der Waals surface area contributed by atoms with E-state index in [0.717, 1.165) is 12.8 Å². The van der Waals surface area contributed by atoms with E-state index >= 15 is 0 Å². The number of phenols is 1. The SMILES string of the molecule is CCCCCC(CCCCCCCCCCCC(=O)O)c1cccc(O)c1. The molecular formula is C24H40O3. The Morgan fingerprint density at radius 1 is 0.852 bits per heavy atom. The predicted octanol–water partition coefficient (Wildman–Crippen LogP) is 7.43. The second kappa shape index (κ2) is 15.5. The molecule has 0 fully saturated rings. The highest BCUT2D eigenvalue weighted by Crippen LogP contribution is 2.30. The van der Waals surface area contributed by atoms with Crippen molar-refractivity contribution in [1.29, 1.82) is 0 Å². The third kappa shape index (κ3) is 12.5. The largest absolute Gasteiger partial charge is 0.508 e. The molecule has 0 aliphatic carbocycles. The molecule has 0 saturated heterocycles. The number of unbranched alkanes of at least 4 members (excludes halogenated alkanes) is 10. The first-order chi connectivity index (χ1) is 13.1. The molecule has 154 valence electrons. The summed E-state index contributed by atoms with van der Waals surface area (Å²) in [4.78, 5) is 10.5. The minimum atomic E-state index is -0.672. The quantitative estimate of drug-likeness (QED) is 0.278. The Bertz CT molecular complexity index is 498. The first kappa shape index (κ1) is 23.5. The minimum Gasteiger partial charge on any atom is -0.508 e. The fraction of sp³-hybridized carbons (Fsp3) is 0.708. The Balaban J connectivity index is 2.14. The van der Waals surface area contributed by atoms with Crippen LogP contribution in [-0.4, -0.2) is 16.2 Å². The van der Waals surface area contributed by atoms with E-state index in [-0.39, 0.29) is 0 Å². The van der Waals surface area contributed by atoms with Crippen LogP contribution in [0, 0.1) is 0 Å². The van der Waals surface area contributed by atoms with Gasteiger partial charge in [-0.25, -0.2) is 0 Å². The van der Waals surface area contributed by atoms with Crippen molar-refractivity contribution in [3.05, 3.63) is 29.8 Å². The zero-order valence-electron chi connectivity index (χ0n) is 17.3. The summed E-state index contributed by atoms with van der Waals surface area (Å²) in [6.07, 6.45) is 17.3. The summed E-state index contributed by atoms with van der Waals surface area (Å²) in [5, 5.41) is 18.4. The highest BCUT2D eigenvalue weighted by atomic mass is 16.4. The number of aliphatic carboxylic acids is 1. The first-order valence-corrected chi connectivity index (χ1v) is 11.1. The first-order valence-electron chi connectivity index (χ1n) is 11.1. The molecule has 1 rings (SSSR count). The van der Waals surface area contributed by atoms with Gasteiger partial charge in [0.1, 0.15) is 5.75 Å². The third-order valence-corrected chi connectivity index (χ3v) is 5.44. The van der Waals surface area contributed by atoms with Crippen LogP contribution in [-0.2, 0) is 4.79 Å². The van der Waals surface area contributed by atoms with Crippen molar-refractivity contribution in [2.24, 2.45) is 0 Å². The Kier molecular flexibility index (Phi) is 13.5. The summed E-state index contributed by atoms with van der Waals surface area (Å²) in [5.41, 5.74) is 1.30. The Labute approximate surface area is 166 Å². The van der Waals surface area contributed by atoms with E-state index in [1.807, 2.05) is 12.1 Å². The van der Waals surface area contributed by atoms with E-state index in [2.05, 4.69) is 13.0 Å². The summed E-state index contributed by atoms with van der Waals surface area (Å²) in [5.74, 6) is 0.294. The predicted molar refractivity (Wildman–Crippen MR) is 113 cm³/mol. The van der Waals surface area contributed by atoms with Crippen LogP contribution < -0.4 is 0 Å². The number of benzene rings is 1. The van der Waals surface area contributed by atoms with Gasteiger partial charge in [-0.3, -0.25) is 4.79 Å². The van der Waals surface area contributed by atoms with Crippen LogP contribution in [0.25, 0.3) is 0 Å². The number of phenolic OH excluding ortho intramolecular Hbond substituents is 1. The monoisotopic (exact) mass is 376 g/mol. The van der Waals surface area contributed by atoms with Crippen molar-refractivity contribution in [2.75, 3.05) is 0 Å². The van der Waals surface area contributed by atoms with Crippen molar-refractivity contribution in [2.45, 2.75) is 109 Å². The standard InChI is InChI=1S/C24H40O3/c1-2-3-11-15-21(22-17-14-18-23(25)20-22)16-12-9-7-5-4-6-8-10-13-19-24(26)27/h14,17-18,20-21,25H,2-13,15-16,19H2,1H3,(H,26,27). The molecule has 1 atom stereocenters. The maximum Gasteiger partial charge on any atom is 0.303 e. The maximum atomic E-state index is 10.5. The lowest BCUT2D eigenvalue weighted by molar-refractivity contribution is -0.137. The van der Waals surface area contributed by atoms with Crippen molar-refractivity contribution in [3.63, 3.8) is 0 Å². The molecule has 0 aromatic heterocycles. The highest BCUT2D eigenvalue weighted by molar-refractivity contribution is 5.66. The zero-order chi connectivity index (χ0) is 19.7. The zero-order valence-corrected chi connectivity index (χ0v) is 17.3. The van der Waals surface area contributed by atoms with E-state index in [0.29, 0.717) is 18.1 Å². The molecule has 0 spiro atoms. The van der Waals surface area contributed by atoms with Gasteiger partial charge in [-0.15, -0.1) is 0 Å². The van der Waals surface area contributed by atoms with Gasteiger partial charge >= 0.3 is 5.97 Å². The van der Waals surface area contributed by atoms with E-state index in [9.17, 15) is 9.90 Å². The molecule has 0 aliphatic rings. The smallest absolute Gasteiger partial charge is 0.303 e. The third-order valence-electron chi connectivity index (χ3n) is 5.44. The highest BCUT2D eigenvalue weighted by Gasteiger charge is 2.11. The maximum absolute atomic E-state index is 10.5. The lowest BCUT2D eigenvalue weighted by atomic mass is 9.88. The summed E-state index contributed by atoms with van der Waals surface area (Å²) in [7, 11) is 0. The second-order valence-corrected chi connectivity index (χ2v) is 7.90. The van der Waals surface area contributed by atoms with Gasteiger partial charge in [-0.1, -0.05) is 89.7 Å². The molecule has 3 heteroatoms. The molecule has 3 nitrogen and oxygen atoms in total. The summed E-state index contributed by atoms with van der Waals surface area (Å²) >= 11 is 0. The Morgan fingerprint density at radius 2 is 1.41 bits per heavy atom. The van der Waals surface area contributed by atoms with E-state index in [1.54, 1.807) is 6.07 Å². The lowest BCUT2D eigenvalue weighted by Gasteiger charge is -2.17. The van der Waals surface area contributed by atoms with Crippen LogP contribution in [0.15, 0.2) is 24.3 Å². The van der Waals surface area contributed by atoms with Crippen LogP contribution in [0.1, 0.15) is 115 Å². The molecular weight excluding hydrogens is 336 g/mol. The van der Waals surface area contributed by atoms with Crippen LogP contribution in [0.3, 0.4) is 0 Å². The number of hydrogen-bond donors (Lipinski definition) is 2. The molecule has 0 heterocycles. The Hall–Kier alpha value is -1.51. The lowest BCUT2D eigenvalue weighted by Crippen LogP contribution is -1.99. The van der Waals surface area contributed by atoms with Crippen LogP contribution >= 0.6 is 0 Å². The Morgan fingerprint density at radius 3 is 1.96 bits per heavy atom. The molecule has 0 amide bonds. The number of carboxylic acids is 1. The summed E-state index contributed by atoms with van der Waals surface area (Å²) in [6, 6.07) is 7.84. The number of carboxylic acid groups (broad SMARTS) is 1. The molecule has 1 aromatic rings. The molecule has 0 bridgehead atoms. The van der Waals surface area contributed by atoms with Crippen molar-refractivity contribution >= 4 is 5.97 Å². The van der Waals surface area contributed by atoms with Crippen molar-refractivity contribution in [3.8, 4) is 5.75 Å². The molecule has 0 radical (unpaired) electrons. The van der Waals surface area contributed by atoms with Gasteiger partial charge < -0.3 is 10.2 Å². The van der Waals surface area contributed by atoms with Gasteiger partial charge in [0.25, 0.3) is 0 Å². The van der Waals surface area contributed by atoms with Crippen molar-refractivity contribution < 1.29 is 15.0 Å². The average molecular weight is 377 g/mol. The van der Waals surface area contributed by atoms with Crippen LogP contribution in [0.4, 0.5) is 0 Å². The van der Waals surface area contributed by atoms with Gasteiger partial charge in [-0.2, -0.15) is 0 Å². The van der Waals surface area contributed by atoms with Crippen molar-refractivity contribution in [1.82, 2.24) is 0 Å². The molecule has 0 saturated carbocycles. The topological polar surface area (TPSA) is 57.5 Å². The van der Waals surface area contributed by atoms with E-state index in [4.69, 9.17) is 5.11 Å². The average Bonchev–Trinajstić information content (AvgIpc) is 2.64. The summed E-state index contributed by atoms with van der Waals surface area (Å²) < 4.78 is 0. The molecule has 27 heavy (non-hydrogen) atoms. The van der Waals surface area contributed by atoms with Gasteiger partial charge in [0.15, 0.2) is 0 Å². The number of aromatic hydroxyl groups is 1. The van der Waals surface area contributed by atoms with Gasteiger partial charge in [0.05, 0.1) is 0 Å². The molecule has 2 N–H and O–H groups in total. The fourth-order valence-electron chi connectivity index (χ4n) is 3.80. The van der Waals surface area contributed by atoms with E-state index in [1.165, 1.54) is 82.6 Å². The van der Waals surface area contributed by atoms with Crippen LogP contribution in [0.2, 0.25) is 0 Å². The van der Waals surface area contributed by atoms with Gasteiger partial charge in [0, 0.05) is 6.42 Å². The minimum absolute atomic E-state index is 0.318. The van der Waals surface area contributed by atoms with Gasteiger partial charge in [-0.05, 0) is 42.9 Å². The number of hydrogen-bond acceptors (Lipinski definition) is 2. The van der Waals surface area contributed by atoms with E-state index < -0.39 is 5.97 Å². The van der Waals surface area contributed by atoms with Gasteiger partial charge in [0.2, 0.25) is 0 Å². The second-order valence-electron chi connectivity index (χ2n) is 7.90. The number of rotatable bonds is 17. The number of carbonyl (C=O) groups is 1. The normalized spacial score (nSPS) is 12.2. The molecule has 1 unspecified atom stereocenters. The molecule has 1 aromatic carbocycles. The molecule has 0 aliphatic heterocycles. The summed E-state index contributed by atoms with van der Waals surface area (Å²) in [6.45, 7) is 2.25. The fourth-order valence-corrected chi connectivity index (χ4v) is 3.80. The van der Waals surface area contributed by atoms with Crippen LogP contribution in [0.5, 0.6) is 5.75 Å².